The summed E-state index contributed by atoms with van der Waals surface area (Å²) in [6, 6.07) is 6.34. The topological polar surface area (TPSA) is 113 Å². The summed E-state index contributed by atoms with van der Waals surface area (Å²) in [6.45, 7) is 9.86. The number of aliphatic carboxylic acids is 1. The number of carboxylic acid groups (broad SMARTS) is 1. The zero-order valence-electron chi connectivity index (χ0n) is 22.3. The largest absolute Gasteiger partial charge is 0.480 e. The number of carboxylic acids is 1. The van der Waals surface area contributed by atoms with Gasteiger partial charge in [-0.25, -0.2) is 14.6 Å². The van der Waals surface area contributed by atoms with Crippen LogP contribution in [0.25, 0.3) is 0 Å². The van der Waals surface area contributed by atoms with Crippen LogP contribution in [-0.2, 0) is 35.3 Å². The van der Waals surface area contributed by atoms with E-state index in [1.54, 1.807) is 13.8 Å². The number of hydrogen-bond donors (Lipinski definition) is 2. The summed E-state index contributed by atoms with van der Waals surface area (Å²) in [5.41, 5.74) is 0.134. The Morgan fingerprint density at radius 2 is 1.84 bits per heavy atom. The second kappa shape index (κ2) is 9.84. The van der Waals surface area contributed by atoms with Crippen molar-refractivity contribution in [2.45, 2.75) is 96.7 Å². The van der Waals surface area contributed by atoms with Gasteiger partial charge in [0.25, 0.3) is 0 Å². The molecule has 1 spiro atoms. The van der Waals surface area contributed by atoms with E-state index in [0.717, 1.165) is 31.2 Å². The number of ether oxygens (including phenoxy) is 3. The van der Waals surface area contributed by atoms with Crippen molar-refractivity contribution in [3.05, 3.63) is 29.8 Å². The summed E-state index contributed by atoms with van der Waals surface area (Å²) in [7, 11) is 0. The zero-order chi connectivity index (χ0) is 26.5. The maximum atomic E-state index is 12.4. The number of benzene rings is 1. The highest BCUT2D eigenvalue weighted by molar-refractivity contribution is 5.85. The lowest BCUT2D eigenvalue weighted by molar-refractivity contribution is -0.575. The molecule has 5 fully saturated rings. The molecule has 9 heteroatoms. The van der Waals surface area contributed by atoms with Gasteiger partial charge in [0.15, 0.2) is 11.9 Å². The van der Waals surface area contributed by atoms with E-state index < -0.39 is 36.0 Å². The summed E-state index contributed by atoms with van der Waals surface area (Å²) in [6.07, 6.45) is 2.85. The number of carbonyl (C=O) groups excluding carboxylic acids is 1. The standard InChI is InChI=1S/C28H39NO8/c1-15(2)23(24(31)32)29-22(30)14-18-7-9-19(10-8-18)33-25-17(4)21-11-6-16(3)20-12-13-27(5)35-26(34-25)28(20,21)37-36-27/h7-10,15-17,20-21,23,25-26H,6,11-14H2,1-5H3,(H,29,30)(H,31,32)/t16-,17-,20+,21+,23+,25+,26-,27-,28-/m1/s1. The lowest BCUT2D eigenvalue weighted by atomic mass is 9.58. The monoisotopic (exact) mass is 517 g/mol. The smallest absolute Gasteiger partial charge is 0.326 e. The zero-order valence-corrected chi connectivity index (χ0v) is 22.3. The van der Waals surface area contributed by atoms with Crippen LogP contribution in [0.4, 0.5) is 0 Å². The normalized spacial score (nSPS) is 39.4. The van der Waals surface area contributed by atoms with Crippen LogP contribution in [-0.4, -0.2) is 47.0 Å². The Bertz CT molecular complexity index is 1010. The molecule has 1 aliphatic carbocycles. The minimum absolute atomic E-state index is 0.0512. The first-order valence-corrected chi connectivity index (χ1v) is 13.5. The van der Waals surface area contributed by atoms with Crippen LogP contribution >= 0.6 is 0 Å². The number of hydrogen-bond acceptors (Lipinski definition) is 7. The number of nitrogens with one attached hydrogen (secondary N) is 1. The van der Waals surface area contributed by atoms with Gasteiger partial charge in [-0.1, -0.05) is 39.8 Å². The molecular formula is C28H39NO8. The average Bonchev–Trinajstić information content (AvgIpc) is 3.07. The molecule has 9 nitrogen and oxygen atoms in total. The van der Waals surface area contributed by atoms with Crippen LogP contribution in [0.15, 0.2) is 24.3 Å². The highest BCUT2D eigenvalue weighted by Gasteiger charge is 2.69. The predicted molar refractivity (Wildman–Crippen MR) is 132 cm³/mol. The van der Waals surface area contributed by atoms with Gasteiger partial charge in [0.05, 0.1) is 6.42 Å². The van der Waals surface area contributed by atoms with E-state index in [0.29, 0.717) is 17.6 Å². The maximum absolute atomic E-state index is 12.4. The first-order chi connectivity index (χ1) is 17.5. The van der Waals surface area contributed by atoms with Crippen molar-refractivity contribution in [1.82, 2.24) is 5.32 Å². The van der Waals surface area contributed by atoms with E-state index in [4.69, 9.17) is 24.0 Å². The summed E-state index contributed by atoms with van der Waals surface area (Å²) < 4.78 is 19.2. The second-order valence-corrected chi connectivity index (χ2v) is 11.8. The van der Waals surface area contributed by atoms with Crippen molar-refractivity contribution >= 4 is 11.9 Å². The van der Waals surface area contributed by atoms with Crippen LogP contribution in [0.5, 0.6) is 5.75 Å². The van der Waals surface area contributed by atoms with Crippen molar-refractivity contribution in [1.29, 1.82) is 0 Å². The molecule has 9 atom stereocenters. The van der Waals surface area contributed by atoms with Gasteiger partial charge >= 0.3 is 5.97 Å². The molecule has 4 aliphatic heterocycles. The molecule has 1 amide bonds. The van der Waals surface area contributed by atoms with E-state index in [-0.39, 0.29) is 30.1 Å². The molecule has 1 aromatic carbocycles. The first-order valence-electron chi connectivity index (χ1n) is 13.5. The molecule has 1 saturated carbocycles. The van der Waals surface area contributed by atoms with Gasteiger partial charge in [0.2, 0.25) is 18.0 Å². The summed E-state index contributed by atoms with van der Waals surface area (Å²) in [5, 5.41) is 11.9. The molecule has 2 bridgehead atoms. The fraction of sp³-hybridized carbons (Fsp3) is 0.714. The molecule has 6 rings (SSSR count). The van der Waals surface area contributed by atoms with Crippen LogP contribution in [0.2, 0.25) is 0 Å². The summed E-state index contributed by atoms with van der Waals surface area (Å²) in [4.78, 5) is 35.8. The van der Waals surface area contributed by atoms with Gasteiger partial charge in [-0.05, 0) is 61.6 Å². The summed E-state index contributed by atoms with van der Waals surface area (Å²) in [5.74, 6) is -0.759. The van der Waals surface area contributed by atoms with Crippen molar-refractivity contribution in [2.75, 3.05) is 0 Å². The van der Waals surface area contributed by atoms with Gasteiger partial charge in [0, 0.05) is 18.3 Å². The van der Waals surface area contributed by atoms with E-state index in [1.807, 2.05) is 31.2 Å². The van der Waals surface area contributed by atoms with Crippen molar-refractivity contribution < 1.29 is 38.7 Å². The Morgan fingerprint density at radius 1 is 1.11 bits per heavy atom. The predicted octanol–water partition coefficient (Wildman–Crippen LogP) is 4.04. The van der Waals surface area contributed by atoms with E-state index in [9.17, 15) is 14.7 Å². The number of fused-ring (bicyclic) bond motifs is 2. The van der Waals surface area contributed by atoms with Gasteiger partial charge in [-0.3, -0.25) is 4.79 Å². The van der Waals surface area contributed by atoms with Crippen LogP contribution in [0.3, 0.4) is 0 Å². The second-order valence-electron chi connectivity index (χ2n) is 11.8. The third-order valence-corrected chi connectivity index (χ3v) is 8.89. The fourth-order valence-corrected chi connectivity index (χ4v) is 6.75. The summed E-state index contributed by atoms with van der Waals surface area (Å²) >= 11 is 0. The number of amides is 1. The number of carbonyl (C=O) groups is 2. The molecule has 37 heavy (non-hydrogen) atoms. The van der Waals surface area contributed by atoms with Crippen molar-refractivity contribution in [3.63, 3.8) is 0 Å². The highest BCUT2D eigenvalue weighted by Crippen LogP contribution is 2.60. The van der Waals surface area contributed by atoms with Crippen LogP contribution in [0, 0.1) is 29.6 Å². The molecule has 2 N–H and O–H groups in total. The molecule has 0 radical (unpaired) electrons. The maximum Gasteiger partial charge on any atom is 0.326 e. The third-order valence-electron chi connectivity index (χ3n) is 8.89. The molecule has 5 aliphatic rings. The highest BCUT2D eigenvalue weighted by atomic mass is 17.3. The molecule has 1 aromatic rings. The van der Waals surface area contributed by atoms with Gasteiger partial charge < -0.3 is 24.6 Å². The Hall–Kier alpha value is -2.20. The molecule has 4 saturated heterocycles. The Balaban J connectivity index is 1.27. The molecule has 4 heterocycles. The van der Waals surface area contributed by atoms with Crippen molar-refractivity contribution in [2.24, 2.45) is 29.6 Å². The first kappa shape index (κ1) is 26.4. The average molecular weight is 518 g/mol. The van der Waals surface area contributed by atoms with E-state index >= 15 is 0 Å². The SMILES string of the molecule is CC(C)[C@H](NC(=O)Cc1ccc(O[C@H]2O[C@@H]3O[C@@]4(C)CC[C@H]5[C@H](C)CC[C@@H]([C@H]2C)[C@@]35OO4)cc1)C(=O)O. The minimum atomic E-state index is -1.04. The number of rotatable bonds is 7. The molecule has 0 unspecified atom stereocenters. The van der Waals surface area contributed by atoms with Crippen molar-refractivity contribution in [3.8, 4) is 5.75 Å². The fourth-order valence-electron chi connectivity index (χ4n) is 6.75. The Kier molecular flexibility index (Phi) is 7.02. The van der Waals surface area contributed by atoms with Crippen LogP contribution in [0.1, 0.15) is 65.9 Å². The molecule has 0 aromatic heterocycles. The molecular weight excluding hydrogens is 478 g/mol. The van der Waals surface area contributed by atoms with Crippen LogP contribution < -0.4 is 10.1 Å². The third kappa shape index (κ3) is 4.75. The lowest BCUT2D eigenvalue weighted by Crippen LogP contribution is -2.70. The van der Waals surface area contributed by atoms with Gasteiger partial charge in [0.1, 0.15) is 11.8 Å². The van der Waals surface area contributed by atoms with E-state index in [1.165, 1.54) is 0 Å². The minimum Gasteiger partial charge on any atom is -0.480 e. The quantitative estimate of drug-likeness (QED) is 0.521. The van der Waals surface area contributed by atoms with E-state index in [2.05, 4.69) is 19.2 Å². The molecule has 204 valence electrons. The van der Waals surface area contributed by atoms with Gasteiger partial charge in [-0.15, -0.1) is 0 Å². The Labute approximate surface area is 218 Å². The van der Waals surface area contributed by atoms with Gasteiger partial charge in [-0.2, -0.15) is 0 Å². The lowest BCUT2D eigenvalue weighted by Gasteiger charge is -2.60. The Morgan fingerprint density at radius 3 is 2.51 bits per heavy atom.